The first kappa shape index (κ1) is 13.1. The second-order valence-corrected chi connectivity index (χ2v) is 4.83. The Morgan fingerprint density at radius 2 is 2.11 bits per heavy atom. The van der Waals surface area contributed by atoms with Crippen LogP contribution in [0.2, 0.25) is 10.0 Å². The van der Waals surface area contributed by atoms with Crippen LogP contribution < -0.4 is 11.1 Å². The number of hydrogen-bond donors (Lipinski definition) is 2. The molecule has 3 amide bonds. The van der Waals surface area contributed by atoms with E-state index < -0.39 is 12.2 Å². The Bertz CT molecular complexity index is 507. The summed E-state index contributed by atoms with van der Waals surface area (Å²) in [4.78, 5) is 24.1. The number of carbonyl (C=O) groups excluding carboxylic acids is 2. The molecule has 0 aromatic heterocycles. The van der Waals surface area contributed by atoms with E-state index in [1.54, 1.807) is 18.2 Å². The highest BCUT2D eigenvalue weighted by atomic mass is 35.5. The predicted octanol–water partition coefficient (Wildman–Crippen LogP) is 1.72. The molecule has 7 heteroatoms. The van der Waals surface area contributed by atoms with Crippen LogP contribution in [0.1, 0.15) is 12.0 Å². The molecule has 1 saturated heterocycles. The molecule has 1 aromatic carbocycles. The molecule has 1 unspecified atom stereocenters. The van der Waals surface area contributed by atoms with Gasteiger partial charge in [0.1, 0.15) is 0 Å². The van der Waals surface area contributed by atoms with E-state index in [2.05, 4.69) is 5.32 Å². The molecule has 2 rings (SSSR count). The van der Waals surface area contributed by atoms with Crippen molar-refractivity contribution in [1.29, 1.82) is 0 Å². The van der Waals surface area contributed by atoms with Crippen molar-refractivity contribution in [2.24, 2.45) is 5.73 Å². The van der Waals surface area contributed by atoms with Crippen LogP contribution in [-0.2, 0) is 11.3 Å². The largest absolute Gasteiger partial charge is 0.325 e. The lowest BCUT2D eigenvalue weighted by atomic mass is 10.1. The van der Waals surface area contributed by atoms with Crippen molar-refractivity contribution in [2.45, 2.75) is 19.1 Å². The maximum absolute atomic E-state index is 11.7. The van der Waals surface area contributed by atoms with Gasteiger partial charge in [0, 0.05) is 10.0 Å². The molecule has 1 fully saturated rings. The second kappa shape index (κ2) is 5.14. The third kappa shape index (κ3) is 2.75. The fourth-order valence-electron chi connectivity index (χ4n) is 1.73. The van der Waals surface area contributed by atoms with Crippen molar-refractivity contribution < 1.29 is 9.59 Å². The summed E-state index contributed by atoms with van der Waals surface area (Å²) in [6, 6.07) is 4.46. The van der Waals surface area contributed by atoms with Gasteiger partial charge in [0.25, 0.3) is 0 Å². The van der Waals surface area contributed by atoms with E-state index in [-0.39, 0.29) is 18.9 Å². The van der Waals surface area contributed by atoms with Gasteiger partial charge in [-0.25, -0.2) is 4.79 Å². The number of amides is 3. The molecule has 96 valence electrons. The van der Waals surface area contributed by atoms with Crippen LogP contribution in [0.5, 0.6) is 0 Å². The highest BCUT2D eigenvalue weighted by molar-refractivity contribution is 6.33. The molecule has 0 bridgehead atoms. The Kier molecular flexibility index (Phi) is 3.75. The minimum atomic E-state index is -0.652. The quantitative estimate of drug-likeness (QED) is 0.870. The monoisotopic (exact) mass is 287 g/mol. The van der Waals surface area contributed by atoms with Gasteiger partial charge in [-0.15, -0.1) is 0 Å². The normalized spacial score (nSPS) is 19.9. The van der Waals surface area contributed by atoms with E-state index in [1.807, 2.05) is 0 Å². The first-order valence-electron chi connectivity index (χ1n) is 5.27. The van der Waals surface area contributed by atoms with Gasteiger partial charge in [0.2, 0.25) is 5.91 Å². The zero-order valence-electron chi connectivity index (χ0n) is 9.32. The van der Waals surface area contributed by atoms with Gasteiger partial charge in [-0.1, -0.05) is 23.2 Å². The van der Waals surface area contributed by atoms with Crippen LogP contribution in [0, 0.1) is 0 Å². The van der Waals surface area contributed by atoms with Crippen molar-refractivity contribution in [2.75, 3.05) is 0 Å². The van der Waals surface area contributed by atoms with Crippen molar-refractivity contribution in [3.63, 3.8) is 0 Å². The number of urea groups is 1. The summed E-state index contributed by atoms with van der Waals surface area (Å²) in [6.07, 6.45) is -0.578. The van der Waals surface area contributed by atoms with Crippen LogP contribution in [0.15, 0.2) is 18.2 Å². The summed E-state index contributed by atoms with van der Waals surface area (Å²) in [5, 5.41) is 3.23. The van der Waals surface area contributed by atoms with E-state index in [1.165, 1.54) is 4.90 Å². The van der Waals surface area contributed by atoms with Crippen LogP contribution in [0.4, 0.5) is 4.79 Å². The first-order chi connectivity index (χ1) is 8.47. The van der Waals surface area contributed by atoms with Crippen molar-refractivity contribution >= 4 is 35.1 Å². The maximum atomic E-state index is 11.7. The Labute approximate surface area is 114 Å². The molecule has 0 spiro atoms. The first-order valence-corrected chi connectivity index (χ1v) is 6.03. The Hall–Kier alpha value is -1.30. The number of carbonyl (C=O) groups is 2. The van der Waals surface area contributed by atoms with Crippen molar-refractivity contribution in [1.82, 2.24) is 10.2 Å². The SMILES string of the molecule is NC1CC(=O)NC(=O)N1Cc1cc(Cl)ccc1Cl. The molecule has 0 radical (unpaired) electrons. The van der Waals surface area contributed by atoms with Crippen molar-refractivity contribution in [3.8, 4) is 0 Å². The minimum absolute atomic E-state index is 0.0733. The number of nitrogens with zero attached hydrogens (tertiary/aromatic N) is 1. The van der Waals surface area contributed by atoms with Crippen LogP contribution in [0.25, 0.3) is 0 Å². The lowest BCUT2D eigenvalue weighted by Gasteiger charge is -2.32. The van der Waals surface area contributed by atoms with E-state index in [4.69, 9.17) is 28.9 Å². The number of halogens is 2. The zero-order valence-corrected chi connectivity index (χ0v) is 10.8. The molecule has 1 atom stereocenters. The number of nitrogens with two attached hydrogens (primary N) is 1. The molecular weight excluding hydrogens is 277 g/mol. The van der Waals surface area contributed by atoms with E-state index >= 15 is 0 Å². The van der Waals surface area contributed by atoms with E-state index in [9.17, 15) is 9.59 Å². The zero-order chi connectivity index (χ0) is 13.3. The molecule has 18 heavy (non-hydrogen) atoms. The van der Waals surface area contributed by atoms with E-state index in [0.29, 0.717) is 15.6 Å². The number of rotatable bonds is 2. The molecule has 1 aliphatic rings. The van der Waals surface area contributed by atoms with Gasteiger partial charge in [0.05, 0.1) is 19.1 Å². The summed E-state index contributed by atoms with van der Waals surface area (Å²) in [7, 11) is 0. The molecule has 3 N–H and O–H groups in total. The summed E-state index contributed by atoms with van der Waals surface area (Å²) < 4.78 is 0. The van der Waals surface area contributed by atoms with Gasteiger partial charge in [-0.2, -0.15) is 0 Å². The fourth-order valence-corrected chi connectivity index (χ4v) is 2.10. The van der Waals surface area contributed by atoms with Gasteiger partial charge >= 0.3 is 6.03 Å². The van der Waals surface area contributed by atoms with Gasteiger partial charge < -0.3 is 10.6 Å². The second-order valence-electron chi connectivity index (χ2n) is 3.99. The minimum Gasteiger partial charge on any atom is -0.311 e. The predicted molar refractivity (Wildman–Crippen MR) is 68.1 cm³/mol. The third-order valence-electron chi connectivity index (χ3n) is 2.65. The molecule has 1 aliphatic heterocycles. The molecule has 1 heterocycles. The molecular formula is C11H11Cl2N3O2. The Morgan fingerprint density at radius 3 is 2.78 bits per heavy atom. The third-order valence-corrected chi connectivity index (χ3v) is 3.25. The Balaban J connectivity index is 2.20. The lowest BCUT2D eigenvalue weighted by molar-refractivity contribution is -0.122. The van der Waals surface area contributed by atoms with Gasteiger partial charge in [-0.05, 0) is 23.8 Å². The highest BCUT2D eigenvalue weighted by Gasteiger charge is 2.30. The summed E-state index contributed by atoms with van der Waals surface area (Å²) in [5.74, 6) is -0.374. The standard InChI is InChI=1S/C11H11Cl2N3O2/c12-7-1-2-8(13)6(3-7)5-16-9(14)4-10(17)15-11(16)18/h1-3,9H,4-5,14H2,(H,15,17,18). The number of benzene rings is 1. The van der Waals surface area contributed by atoms with Crippen LogP contribution >= 0.6 is 23.2 Å². The van der Waals surface area contributed by atoms with Crippen molar-refractivity contribution in [3.05, 3.63) is 33.8 Å². The highest BCUT2D eigenvalue weighted by Crippen LogP contribution is 2.23. The summed E-state index contributed by atoms with van der Waals surface area (Å²) in [6.45, 7) is 0.208. The number of hydrogen-bond acceptors (Lipinski definition) is 3. The molecule has 0 saturated carbocycles. The van der Waals surface area contributed by atoms with Gasteiger partial charge in [-0.3, -0.25) is 10.1 Å². The molecule has 5 nitrogen and oxygen atoms in total. The average molecular weight is 288 g/mol. The average Bonchev–Trinajstić information content (AvgIpc) is 2.28. The lowest BCUT2D eigenvalue weighted by Crippen LogP contribution is -2.57. The van der Waals surface area contributed by atoms with Crippen LogP contribution in [-0.4, -0.2) is 23.0 Å². The molecule has 0 aliphatic carbocycles. The summed E-state index contributed by atoms with van der Waals surface area (Å²) >= 11 is 11.9. The maximum Gasteiger partial charge on any atom is 0.325 e. The number of nitrogens with one attached hydrogen (secondary N) is 1. The van der Waals surface area contributed by atoms with Crippen LogP contribution in [0.3, 0.4) is 0 Å². The smallest absolute Gasteiger partial charge is 0.311 e. The fraction of sp³-hybridized carbons (Fsp3) is 0.273. The van der Waals surface area contributed by atoms with E-state index in [0.717, 1.165) is 0 Å². The molecule has 1 aromatic rings. The van der Waals surface area contributed by atoms with Gasteiger partial charge in [0.15, 0.2) is 0 Å². The number of imide groups is 1. The Morgan fingerprint density at radius 1 is 1.39 bits per heavy atom. The topological polar surface area (TPSA) is 75.4 Å². The summed E-state index contributed by atoms with van der Waals surface area (Å²) in [5.41, 5.74) is 6.45.